The molecule has 2 aromatic rings. The van der Waals surface area contributed by atoms with Crippen LogP contribution in [-0.2, 0) is 4.79 Å². The van der Waals surface area contributed by atoms with E-state index in [2.05, 4.69) is 20.9 Å². The molecule has 24 heavy (non-hydrogen) atoms. The molecule has 1 heterocycles. The molecule has 0 saturated heterocycles. The number of pyridine rings is 1. The minimum absolute atomic E-state index is 0.119. The lowest BCUT2D eigenvalue weighted by molar-refractivity contribution is -0.114. The van der Waals surface area contributed by atoms with Crippen molar-refractivity contribution in [2.75, 3.05) is 10.6 Å². The Labute approximate surface area is 141 Å². The van der Waals surface area contributed by atoms with Crippen LogP contribution < -0.4 is 16.0 Å². The average molecular weight is 326 g/mol. The summed E-state index contributed by atoms with van der Waals surface area (Å²) in [4.78, 5) is 27.3. The molecular weight excluding hydrogens is 304 g/mol. The molecule has 0 spiro atoms. The molecule has 1 aromatic carbocycles. The second kappa shape index (κ2) is 8.10. The van der Waals surface area contributed by atoms with Gasteiger partial charge in [-0.3, -0.25) is 9.59 Å². The second-order valence-electron chi connectivity index (χ2n) is 5.60. The lowest BCUT2D eigenvalue weighted by atomic mass is 10.2. The van der Waals surface area contributed by atoms with Gasteiger partial charge in [0.25, 0.3) is 5.91 Å². The summed E-state index contributed by atoms with van der Waals surface area (Å²) < 4.78 is 0. The summed E-state index contributed by atoms with van der Waals surface area (Å²) >= 11 is 0. The fraction of sp³-hybridized carbons (Fsp3) is 0.278. The number of nitrogens with zero attached hydrogens (tertiary/aromatic N) is 1. The SMILES string of the molecule is CCC(C)NC(=O)c1ccc(Nc2cccc(NC(C)=O)c2)cn1. The van der Waals surface area contributed by atoms with Crippen molar-refractivity contribution in [2.45, 2.75) is 33.2 Å². The monoisotopic (exact) mass is 326 g/mol. The summed E-state index contributed by atoms with van der Waals surface area (Å²) in [5, 5.41) is 8.80. The van der Waals surface area contributed by atoms with E-state index in [1.165, 1.54) is 6.92 Å². The van der Waals surface area contributed by atoms with E-state index in [-0.39, 0.29) is 17.9 Å². The summed E-state index contributed by atoms with van der Waals surface area (Å²) in [6.07, 6.45) is 2.48. The van der Waals surface area contributed by atoms with Gasteiger partial charge >= 0.3 is 0 Å². The molecule has 0 fully saturated rings. The lowest BCUT2D eigenvalue weighted by Gasteiger charge is -2.11. The zero-order valence-electron chi connectivity index (χ0n) is 14.1. The zero-order valence-corrected chi connectivity index (χ0v) is 14.1. The zero-order chi connectivity index (χ0) is 17.5. The number of carbonyl (C=O) groups is 2. The number of hydrogen-bond donors (Lipinski definition) is 3. The highest BCUT2D eigenvalue weighted by atomic mass is 16.2. The number of carbonyl (C=O) groups excluding carboxylic acids is 2. The molecule has 1 unspecified atom stereocenters. The van der Waals surface area contributed by atoms with Crippen LogP contribution in [0.1, 0.15) is 37.7 Å². The molecule has 1 atom stereocenters. The smallest absolute Gasteiger partial charge is 0.270 e. The van der Waals surface area contributed by atoms with Crippen LogP contribution in [0, 0.1) is 0 Å². The van der Waals surface area contributed by atoms with Gasteiger partial charge in [-0.25, -0.2) is 4.98 Å². The molecule has 0 aliphatic carbocycles. The highest BCUT2D eigenvalue weighted by Crippen LogP contribution is 2.19. The average Bonchev–Trinajstić information content (AvgIpc) is 2.55. The van der Waals surface area contributed by atoms with E-state index in [9.17, 15) is 9.59 Å². The maximum atomic E-state index is 12.0. The van der Waals surface area contributed by atoms with Crippen LogP contribution in [0.3, 0.4) is 0 Å². The molecule has 1 aromatic heterocycles. The highest BCUT2D eigenvalue weighted by Gasteiger charge is 2.09. The third-order valence-electron chi connectivity index (χ3n) is 3.46. The summed E-state index contributed by atoms with van der Waals surface area (Å²) in [5.74, 6) is -0.297. The summed E-state index contributed by atoms with van der Waals surface area (Å²) in [5.41, 5.74) is 2.67. The van der Waals surface area contributed by atoms with Gasteiger partial charge in [-0.1, -0.05) is 13.0 Å². The van der Waals surface area contributed by atoms with Gasteiger partial charge < -0.3 is 16.0 Å². The number of aromatic nitrogens is 1. The van der Waals surface area contributed by atoms with E-state index in [0.717, 1.165) is 17.8 Å². The molecule has 2 rings (SSSR count). The molecule has 126 valence electrons. The van der Waals surface area contributed by atoms with E-state index in [0.29, 0.717) is 11.4 Å². The molecule has 0 bridgehead atoms. The standard InChI is InChI=1S/C18H22N4O2/c1-4-12(2)20-18(24)17-9-8-16(11-19-17)22-15-7-5-6-14(10-15)21-13(3)23/h5-12,22H,4H2,1-3H3,(H,20,24)(H,21,23). The Morgan fingerprint density at radius 2 is 1.88 bits per heavy atom. The van der Waals surface area contributed by atoms with E-state index in [1.807, 2.05) is 38.1 Å². The third kappa shape index (κ3) is 5.08. The van der Waals surface area contributed by atoms with Gasteiger partial charge in [-0.15, -0.1) is 0 Å². The molecule has 6 nitrogen and oxygen atoms in total. The molecular formula is C18H22N4O2. The Kier molecular flexibility index (Phi) is 5.89. The quantitative estimate of drug-likeness (QED) is 0.760. The van der Waals surface area contributed by atoms with Crippen molar-refractivity contribution in [3.05, 3.63) is 48.3 Å². The van der Waals surface area contributed by atoms with Crippen molar-refractivity contribution < 1.29 is 9.59 Å². The van der Waals surface area contributed by atoms with Crippen LogP contribution >= 0.6 is 0 Å². The minimum atomic E-state index is -0.177. The fourth-order valence-electron chi connectivity index (χ4n) is 2.05. The van der Waals surface area contributed by atoms with Crippen LogP contribution in [-0.4, -0.2) is 22.8 Å². The Balaban J connectivity index is 2.04. The van der Waals surface area contributed by atoms with Gasteiger partial charge in [0.05, 0.1) is 11.9 Å². The Hall–Kier alpha value is -2.89. The molecule has 0 aliphatic heterocycles. The maximum Gasteiger partial charge on any atom is 0.270 e. The Morgan fingerprint density at radius 3 is 2.50 bits per heavy atom. The molecule has 6 heteroatoms. The first kappa shape index (κ1) is 17.5. The van der Waals surface area contributed by atoms with Gasteiger partial charge in [0.1, 0.15) is 5.69 Å². The number of benzene rings is 1. The Morgan fingerprint density at radius 1 is 1.12 bits per heavy atom. The van der Waals surface area contributed by atoms with Gasteiger partial charge in [0, 0.05) is 24.3 Å². The minimum Gasteiger partial charge on any atom is -0.354 e. The van der Waals surface area contributed by atoms with E-state index in [1.54, 1.807) is 18.3 Å². The number of rotatable bonds is 6. The van der Waals surface area contributed by atoms with Gasteiger partial charge in [0.15, 0.2) is 0 Å². The van der Waals surface area contributed by atoms with Gasteiger partial charge in [0.2, 0.25) is 5.91 Å². The van der Waals surface area contributed by atoms with Crippen molar-refractivity contribution >= 4 is 28.9 Å². The first-order valence-electron chi connectivity index (χ1n) is 7.89. The first-order chi connectivity index (χ1) is 11.5. The number of nitrogens with one attached hydrogen (secondary N) is 3. The number of anilines is 3. The maximum absolute atomic E-state index is 12.0. The summed E-state index contributed by atoms with van der Waals surface area (Å²) in [6, 6.07) is 11.0. The molecule has 3 N–H and O–H groups in total. The molecule has 0 aliphatic rings. The van der Waals surface area contributed by atoms with Crippen LogP contribution in [0.2, 0.25) is 0 Å². The summed E-state index contributed by atoms with van der Waals surface area (Å²) in [6.45, 7) is 5.43. The van der Waals surface area contributed by atoms with Crippen LogP contribution in [0.5, 0.6) is 0 Å². The summed E-state index contributed by atoms with van der Waals surface area (Å²) in [7, 11) is 0. The highest BCUT2D eigenvalue weighted by molar-refractivity contribution is 5.92. The fourth-order valence-corrected chi connectivity index (χ4v) is 2.05. The second-order valence-corrected chi connectivity index (χ2v) is 5.60. The van der Waals surface area contributed by atoms with Crippen LogP contribution in [0.15, 0.2) is 42.6 Å². The predicted octanol–water partition coefficient (Wildman–Crippen LogP) is 3.31. The van der Waals surface area contributed by atoms with E-state index < -0.39 is 0 Å². The largest absolute Gasteiger partial charge is 0.354 e. The van der Waals surface area contributed by atoms with Crippen molar-refractivity contribution in [1.82, 2.24) is 10.3 Å². The molecule has 0 radical (unpaired) electrons. The normalized spacial score (nSPS) is 11.5. The number of hydrogen-bond acceptors (Lipinski definition) is 4. The van der Waals surface area contributed by atoms with Crippen molar-refractivity contribution in [2.24, 2.45) is 0 Å². The number of amides is 2. The molecule has 0 saturated carbocycles. The first-order valence-corrected chi connectivity index (χ1v) is 7.89. The van der Waals surface area contributed by atoms with Crippen LogP contribution in [0.4, 0.5) is 17.1 Å². The predicted molar refractivity (Wildman–Crippen MR) is 95.5 cm³/mol. The van der Waals surface area contributed by atoms with Gasteiger partial charge in [-0.2, -0.15) is 0 Å². The lowest BCUT2D eigenvalue weighted by Crippen LogP contribution is -2.32. The van der Waals surface area contributed by atoms with Crippen molar-refractivity contribution in [3.63, 3.8) is 0 Å². The van der Waals surface area contributed by atoms with E-state index in [4.69, 9.17) is 0 Å². The third-order valence-corrected chi connectivity index (χ3v) is 3.46. The van der Waals surface area contributed by atoms with Crippen LogP contribution in [0.25, 0.3) is 0 Å². The topological polar surface area (TPSA) is 83.1 Å². The Bertz CT molecular complexity index is 713. The van der Waals surface area contributed by atoms with E-state index >= 15 is 0 Å². The van der Waals surface area contributed by atoms with Gasteiger partial charge in [-0.05, 0) is 43.7 Å². The van der Waals surface area contributed by atoms with Crippen molar-refractivity contribution in [1.29, 1.82) is 0 Å². The van der Waals surface area contributed by atoms with Crippen molar-refractivity contribution in [3.8, 4) is 0 Å². The molecule has 2 amide bonds.